The van der Waals surface area contributed by atoms with Gasteiger partial charge in [-0.25, -0.2) is 4.79 Å². The van der Waals surface area contributed by atoms with Crippen LogP contribution in [0.15, 0.2) is 0 Å². The molecule has 3 atom stereocenters. The lowest BCUT2D eigenvalue weighted by molar-refractivity contribution is -0.153. The fraction of sp³-hybridized carbons (Fsp3) is 0.600. The maximum absolute atomic E-state index is 12.4. The molecule has 0 spiro atoms. The molecule has 3 N–H and O–H groups in total. The summed E-state index contributed by atoms with van der Waals surface area (Å²) in [7, 11) is 0. The summed E-state index contributed by atoms with van der Waals surface area (Å²) in [5.74, 6) is -2.97. The summed E-state index contributed by atoms with van der Waals surface area (Å²) in [5, 5.41) is 7.15. The van der Waals surface area contributed by atoms with E-state index >= 15 is 0 Å². The predicted octanol–water partition coefficient (Wildman–Crippen LogP) is -3.07. The summed E-state index contributed by atoms with van der Waals surface area (Å²) in [6, 6.07) is -3.08. The minimum absolute atomic E-state index is 0.0352. The lowest BCUT2D eigenvalue weighted by Gasteiger charge is -2.34. The van der Waals surface area contributed by atoms with Crippen molar-refractivity contribution in [1.82, 2.24) is 25.8 Å². The maximum atomic E-state index is 12.4. The van der Waals surface area contributed by atoms with E-state index in [1.54, 1.807) is 6.92 Å². The molecule has 0 bridgehead atoms. The van der Waals surface area contributed by atoms with Crippen LogP contribution < -0.4 is 16.0 Å². The molecule has 2 fully saturated rings. The van der Waals surface area contributed by atoms with E-state index in [4.69, 9.17) is 4.74 Å². The smallest absolute Gasteiger partial charge is 0.325 e. The Hall–Kier alpha value is -3.18. The summed E-state index contributed by atoms with van der Waals surface area (Å²) in [4.78, 5) is 72.7. The number of likely N-dealkylation sites (N-methyl/N-ethyl adjacent to an activating group) is 1. The Morgan fingerprint density at radius 1 is 1.30 bits per heavy atom. The zero-order valence-corrected chi connectivity index (χ0v) is 14.9. The maximum Gasteiger partial charge on any atom is 0.325 e. The van der Waals surface area contributed by atoms with Crippen LogP contribution in [0.1, 0.15) is 13.8 Å². The van der Waals surface area contributed by atoms with E-state index in [0.717, 1.165) is 0 Å². The van der Waals surface area contributed by atoms with Crippen LogP contribution in [0.2, 0.25) is 0 Å². The van der Waals surface area contributed by atoms with Crippen LogP contribution in [0.4, 0.5) is 4.79 Å². The second kappa shape index (κ2) is 8.47. The molecule has 0 aliphatic carbocycles. The van der Waals surface area contributed by atoms with E-state index in [-0.39, 0.29) is 32.0 Å². The number of carbonyl (C=O) groups excluding carboxylic acids is 6. The number of imide groups is 1. The van der Waals surface area contributed by atoms with Crippen molar-refractivity contribution < 1.29 is 33.5 Å². The molecule has 148 valence electrons. The van der Waals surface area contributed by atoms with Crippen molar-refractivity contribution >= 4 is 36.1 Å². The van der Waals surface area contributed by atoms with E-state index in [0.29, 0.717) is 11.4 Å². The third kappa shape index (κ3) is 4.33. The van der Waals surface area contributed by atoms with Gasteiger partial charge in [0.05, 0.1) is 0 Å². The number of nitrogens with zero attached hydrogens (tertiary/aromatic N) is 2. The molecule has 27 heavy (non-hydrogen) atoms. The van der Waals surface area contributed by atoms with Crippen LogP contribution in [0.5, 0.6) is 0 Å². The van der Waals surface area contributed by atoms with Crippen LogP contribution in [-0.4, -0.2) is 90.3 Å². The standard InChI is InChI=1S/C15H21N5O7/c1-3-19-4-5-20(14(25)13(19)24)15(26)18-10(8(2)27-7-21)12(23)17-9-6-16-11(9)22/h7-10H,3-6H2,1-2H3,(H,16,22)(H,17,23)(H,18,26)/t8-,9?,10?/m0/s1. The molecule has 2 aliphatic rings. The molecule has 2 heterocycles. The van der Waals surface area contributed by atoms with Crippen LogP contribution in [0.3, 0.4) is 0 Å². The van der Waals surface area contributed by atoms with Gasteiger partial charge in [-0.15, -0.1) is 0 Å². The lowest BCUT2D eigenvalue weighted by atomic mass is 10.1. The number of piperazine rings is 1. The van der Waals surface area contributed by atoms with Crippen molar-refractivity contribution in [2.75, 3.05) is 26.2 Å². The average Bonchev–Trinajstić information content (AvgIpc) is 2.64. The van der Waals surface area contributed by atoms with Gasteiger partial charge in [0.1, 0.15) is 18.2 Å². The van der Waals surface area contributed by atoms with Gasteiger partial charge in [-0.3, -0.25) is 28.9 Å². The second-order valence-electron chi connectivity index (χ2n) is 6.01. The summed E-state index contributed by atoms with van der Waals surface area (Å²) in [5.41, 5.74) is 0. The molecule has 2 saturated heterocycles. The Labute approximate surface area is 154 Å². The number of amides is 6. The van der Waals surface area contributed by atoms with E-state index < -0.39 is 41.9 Å². The molecule has 2 unspecified atom stereocenters. The second-order valence-corrected chi connectivity index (χ2v) is 6.01. The van der Waals surface area contributed by atoms with Crippen LogP contribution in [-0.2, 0) is 28.7 Å². The Bertz CT molecular complexity index is 667. The van der Waals surface area contributed by atoms with Gasteiger partial charge in [-0.05, 0) is 13.8 Å². The topological polar surface area (TPSA) is 154 Å². The largest absolute Gasteiger partial charge is 0.462 e. The first kappa shape index (κ1) is 20.1. The van der Waals surface area contributed by atoms with Crippen molar-refractivity contribution in [3.8, 4) is 0 Å². The quantitative estimate of drug-likeness (QED) is 0.239. The van der Waals surface area contributed by atoms with Crippen LogP contribution >= 0.6 is 0 Å². The number of ether oxygens (including phenoxy) is 1. The molecule has 6 amide bonds. The third-order valence-electron chi connectivity index (χ3n) is 4.35. The highest BCUT2D eigenvalue weighted by Crippen LogP contribution is 2.08. The molecular weight excluding hydrogens is 362 g/mol. The first-order chi connectivity index (χ1) is 12.8. The van der Waals surface area contributed by atoms with Gasteiger partial charge in [0.15, 0.2) is 0 Å². The monoisotopic (exact) mass is 383 g/mol. The minimum Gasteiger partial charge on any atom is -0.462 e. The molecule has 0 aromatic heterocycles. The summed E-state index contributed by atoms with van der Waals surface area (Å²) >= 11 is 0. The van der Waals surface area contributed by atoms with Crippen molar-refractivity contribution in [3.63, 3.8) is 0 Å². The van der Waals surface area contributed by atoms with Gasteiger partial charge in [0.2, 0.25) is 11.8 Å². The zero-order valence-electron chi connectivity index (χ0n) is 14.9. The van der Waals surface area contributed by atoms with Gasteiger partial charge in [0, 0.05) is 26.2 Å². The molecule has 12 nitrogen and oxygen atoms in total. The van der Waals surface area contributed by atoms with Gasteiger partial charge < -0.3 is 25.6 Å². The highest BCUT2D eigenvalue weighted by Gasteiger charge is 2.39. The Balaban J connectivity index is 2.07. The molecule has 2 rings (SSSR count). The van der Waals surface area contributed by atoms with Gasteiger partial charge >= 0.3 is 17.8 Å². The van der Waals surface area contributed by atoms with Crippen LogP contribution in [0, 0.1) is 0 Å². The van der Waals surface area contributed by atoms with Gasteiger partial charge in [-0.2, -0.15) is 0 Å². The normalized spacial score (nSPS) is 21.6. The summed E-state index contributed by atoms with van der Waals surface area (Å²) in [6.45, 7) is 3.89. The molecule has 12 heteroatoms. The number of hydrogen-bond donors (Lipinski definition) is 3. The first-order valence-electron chi connectivity index (χ1n) is 8.38. The third-order valence-corrected chi connectivity index (χ3v) is 4.35. The van der Waals surface area contributed by atoms with Gasteiger partial charge in [0.25, 0.3) is 6.47 Å². The van der Waals surface area contributed by atoms with Crippen LogP contribution in [0.25, 0.3) is 0 Å². The van der Waals surface area contributed by atoms with E-state index in [1.165, 1.54) is 11.8 Å². The molecule has 0 radical (unpaired) electrons. The SMILES string of the molecule is CCN1CCN(C(=O)NC(C(=O)NC2CNC2=O)[C@H](C)OC=O)C(=O)C1=O. The average molecular weight is 383 g/mol. The van der Waals surface area contributed by atoms with Crippen molar-refractivity contribution in [2.45, 2.75) is 32.0 Å². The summed E-state index contributed by atoms with van der Waals surface area (Å²) in [6.07, 6.45) is -1.07. The molecule has 0 aromatic carbocycles. The predicted molar refractivity (Wildman–Crippen MR) is 87.8 cm³/mol. The fourth-order valence-corrected chi connectivity index (χ4v) is 2.61. The number of β-lactam (4-membered cyclic amide) rings is 1. The molecular formula is C15H21N5O7. The van der Waals surface area contributed by atoms with E-state index in [1.807, 2.05) is 0 Å². The Morgan fingerprint density at radius 2 is 2.00 bits per heavy atom. The highest BCUT2D eigenvalue weighted by atomic mass is 16.5. The summed E-state index contributed by atoms with van der Waals surface area (Å²) < 4.78 is 4.72. The molecule has 2 aliphatic heterocycles. The van der Waals surface area contributed by atoms with Crippen molar-refractivity contribution in [3.05, 3.63) is 0 Å². The van der Waals surface area contributed by atoms with Crippen molar-refractivity contribution in [2.24, 2.45) is 0 Å². The number of urea groups is 1. The van der Waals surface area contributed by atoms with Gasteiger partial charge in [-0.1, -0.05) is 0 Å². The lowest BCUT2D eigenvalue weighted by Crippen LogP contribution is -2.66. The molecule has 0 saturated carbocycles. The van der Waals surface area contributed by atoms with E-state index in [9.17, 15) is 28.8 Å². The number of nitrogens with one attached hydrogen (secondary N) is 3. The first-order valence-corrected chi connectivity index (χ1v) is 8.38. The van der Waals surface area contributed by atoms with E-state index in [2.05, 4.69) is 16.0 Å². The minimum atomic E-state index is -1.36. The van der Waals surface area contributed by atoms with Crippen molar-refractivity contribution in [1.29, 1.82) is 0 Å². The zero-order chi connectivity index (χ0) is 20.1. The number of carbonyl (C=O) groups is 6. The number of hydrogen-bond acceptors (Lipinski definition) is 7. The Morgan fingerprint density at radius 3 is 2.52 bits per heavy atom. The highest BCUT2D eigenvalue weighted by molar-refractivity contribution is 6.38. The molecule has 0 aromatic rings. The Kier molecular flexibility index (Phi) is 6.32. The number of rotatable bonds is 7. The fourth-order valence-electron chi connectivity index (χ4n) is 2.61.